The Balaban J connectivity index is 1.39. The third-order valence-electron chi connectivity index (χ3n) is 4.95. The zero-order chi connectivity index (χ0) is 25.7. The molecule has 1 aromatic heterocycles. The molecule has 11 heteroatoms. The van der Waals surface area contributed by atoms with Gasteiger partial charge in [0.1, 0.15) is 16.4 Å². The first-order valence-electron chi connectivity index (χ1n) is 10.6. The van der Waals surface area contributed by atoms with Crippen molar-refractivity contribution in [3.8, 4) is 11.5 Å². The van der Waals surface area contributed by atoms with Crippen molar-refractivity contribution in [2.45, 2.75) is 13.0 Å². The van der Waals surface area contributed by atoms with Crippen molar-refractivity contribution in [3.05, 3.63) is 98.4 Å². The lowest BCUT2D eigenvalue weighted by atomic mass is 10.2. The van der Waals surface area contributed by atoms with E-state index in [1.54, 1.807) is 24.3 Å². The van der Waals surface area contributed by atoms with Crippen LogP contribution in [0.4, 0.5) is 5.69 Å². The number of hydrogen-bond acceptors (Lipinski definition) is 8. The lowest BCUT2D eigenvalue weighted by Crippen LogP contribution is -2.33. The number of esters is 1. The molecule has 1 atom stereocenters. The summed E-state index contributed by atoms with van der Waals surface area (Å²) in [5, 5.41) is 15.8. The van der Waals surface area contributed by atoms with Crippen LogP contribution in [0.25, 0.3) is 10.1 Å². The van der Waals surface area contributed by atoms with Gasteiger partial charge in [0.05, 0.1) is 16.2 Å². The second-order valence-electron chi connectivity index (χ2n) is 7.41. The number of fused-ring (bicyclic) bond motifs is 1. The molecule has 0 fully saturated rings. The molecule has 1 amide bonds. The minimum atomic E-state index is -0.924. The second kappa shape index (κ2) is 11.0. The average molecular weight is 524 g/mol. The van der Waals surface area contributed by atoms with Gasteiger partial charge >= 0.3 is 5.97 Å². The number of halogens is 1. The Kier molecular flexibility index (Phi) is 7.57. The first-order chi connectivity index (χ1) is 17.3. The fraction of sp³-hybridized carbons (Fsp3) is 0.0800. The summed E-state index contributed by atoms with van der Waals surface area (Å²) in [6.45, 7) is 1.51. The van der Waals surface area contributed by atoms with Crippen molar-refractivity contribution in [2.24, 2.45) is 5.10 Å². The Morgan fingerprint density at radius 3 is 2.50 bits per heavy atom. The fourth-order valence-electron chi connectivity index (χ4n) is 3.13. The Labute approximate surface area is 214 Å². The van der Waals surface area contributed by atoms with E-state index in [0.717, 1.165) is 10.1 Å². The molecular weight excluding hydrogens is 506 g/mol. The summed E-state index contributed by atoms with van der Waals surface area (Å²) in [6, 6.07) is 19.5. The molecule has 1 N–H and O–H groups in total. The van der Waals surface area contributed by atoms with Crippen LogP contribution >= 0.6 is 22.9 Å². The maximum Gasteiger partial charge on any atom is 0.355 e. The van der Waals surface area contributed by atoms with Gasteiger partial charge in [0.25, 0.3) is 11.6 Å². The van der Waals surface area contributed by atoms with Gasteiger partial charge in [-0.15, -0.1) is 11.3 Å². The zero-order valence-corrected chi connectivity index (χ0v) is 20.3. The van der Waals surface area contributed by atoms with E-state index < -0.39 is 22.9 Å². The number of benzene rings is 3. The van der Waals surface area contributed by atoms with Gasteiger partial charge < -0.3 is 9.47 Å². The predicted molar refractivity (Wildman–Crippen MR) is 137 cm³/mol. The summed E-state index contributed by atoms with van der Waals surface area (Å²) in [6.07, 6.45) is 0.415. The predicted octanol–water partition coefficient (Wildman–Crippen LogP) is 5.60. The zero-order valence-electron chi connectivity index (χ0n) is 18.7. The lowest BCUT2D eigenvalue weighted by molar-refractivity contribution is -0.384. The topological polar surface area (TPSA) is 120 Å². The standard InChI is InChI=1S/C25H18ClN3O6S/c1-15(34-18-12-10-17(11-13-18)29(32)33)24(30)28-27-14-16-6-2-4-8-20(16)35-25(31)23-22(26)19-7-3-5-9-21(19)36-23/h2-15H,1H3,(H,28,30)/b27-14-/t15-/m1/s1. The Morgan fingerprint density at radius 1 is 1.08 bits per heavy atom. The minimum Gasteiger partial charge on any atom is -0.481 e. The number of thiophene rings is 1. The quantitative estimate of drug-likeness (QED) is 0.105. The number of nitrogens with zero attached hydrogens (tertiary/aromatic N) is 2. The molecular formula is C25H18ClN3O6S. The van der Waals surface area contributed by atoms with E-state index in [1.807, 2.05) is 24.3 Å². The van der Waals surface area contributed by atoms with E-state index in [1.165, 1.54) is 48.7 Å². The highest BCUT2D eigenvalue weighted by atomic mass is 35.5. The van der Waals surface area contributed by atoms with Crippen LogP contribution in [-0.4, -0.2) is 29.1 Å². The summed E-state index contributed by atoms with van der Waals surface area (Å²) in [7, 11) is 0. The molecule has 0 saturated carbocycles. The number of carbonyl (C=O) groups is 2. The highest BCUT2D eigenvalue weighted by Gasteiger charge is 2.20. The third kappa shape index (κ3) is 5.68. The molecule has 0 unspecified atom stereocenters. The van der Waals surface area contributed by atoms with Gasteiger partial charge in [-0.2, -0.15) is 5.10 Å². The van der Waals surface area contributed by atoms with Crippen molar-refractivity contribution in [1.29, 1.82) is 0 Å². The van der Waals surface area contributed by atoms with E-state index in [9.17, 15) is 19.7 Å². The molecule has 0 spiro atoms. The maximum absolute atomic E-state index is 12.8. The molecule has 36 heavy (non-hydrogen) atoms. The highest BCUT2D eigenvalue weighted by molar-refractivity contribution is 7.21. The number of amides is 1. The van der Waals surface area contributed by atoms with Gasteiger partial charge in [0.2, 0.25) is 0 Å². The van der Waals surface area contributed by atoms with Crippen LogP contribution < -0.4 is 14.9 Å². The molecule has 1 heterocycles. The number of nitro groups is 1. The fourth-order valence-corrected chi connectivity index (χ4v) is 4.52. The monoisotopic (exact) mass is 523 g/mol. The smallest absolute Gasteiger partial charge is 0.355 e. The first kappa shape index (κ1) is 24.8. The molecule has 9 nitrogen and oxygen atoms in total. The number of carbonyl (C=O) groups excluding carboxylic acids is 2. The molecule has 0 aliphatic rings. The second-order valence-corrected chi connectivity index (χ2v) is 8.84. The van der Waals surface area contributed by atoms with E-state index in [4.69, 9.17) is 21.1 Å². The molecule has 0 aliphatic carbocycles. The van der Waals surface area contributed by atoms with Crippen LogP contribution in [0.2, 0.25) is 5.02 Å². The average Bonchev–Trinajstić information content (AvgIpc) is 3.22. The molecule has 0 radical (unpaired) electrons. The summed E-state index contributed by atoms with van der Waals surface area (Å²) < 4.78 is 11.9. The van der Waals surface area contributed by atoms with Crippen LogP contribution in [0.15, 0.2) is 77.9 Å². The molecule has 182 valence electrons. The number of nitro benzene ring substituents is 1. The molecule has 0 bridgehead atoms. The normalized spacial score (nSPS) is 11.8. The Bertz CT molecular complexity index is 1470. The molecule has 0 aliphatic heterocycles. The van der Waals surface area contributed by atoms with E-state index in [2.05, 4.69) is 10.5 Å². The van der Waals surface area contributed by atoms with Gasteiger partial charge in [-0.05, 0) is 37.3 Å². The van der Waals surface area contributed by atoms with Crippen LogP contribution in [0.5, 0.6) is 11.5 Å². The first-order valence-corrected chi connectivity index (χ1v) is 11.7. The number of para-hydroxylation sites is 1. The summed E-state index contributed by atoms with van der Waals surface area (Å²) in [5.74, 6) is -0.610. The third-order valence-corrected chi connectivity index (χ3v) is 6.61. The molecule has 3 aromatic carbocycles. The molecule has 4 rings (SSSR count). The van der Waals surface area contributed by atoms with Crippen molar-refractivity contribution in [2.75, 3.05) is 0 Å². The van der Waals surface area contributed by atoms with E-state index >= 15 is 0 Å². The van der Waals surface area contributed by atoms with Crippen molar-refractivity contribution in [3.63, 3.8) is 0 Å². The van der Waals surface area contributed by atoms with Gasteiger partial charge in [-0.25, -0.2) is 10.2 Å². The maximum atomic E-state index is 12.8. The van der Waals surface area contributed by atoms with E-state index in [0.29, 0.717) is 16.3 Å². The Morgan fingerprint density at radius 2 is 1.78 bits per heavy atom. The van der Waals surface area contributed by atoms with Crippen LogP contribution in [0, 0.1) is 10.1 Å². The van der Waals surface area contributed by atoms with Gasteiger partial charge in [-0.3, -0.25) is 14.9 Å². The summed E-state index contributed by atoms with van der Waals surface area (Å²) >= 11 is 7.62. The van der Waals surface area contributed by atoms with Crippen LogP contribution in [0.1, 0.15) is 22.2 Å². The number of hydrazone groups is 1. The lowest BCUT2D eigenvalue weighted by Gasteiger charge is -2.12. The van der Waals surface area contributed by atoms with Gasteiger partial charge in [-0.1, -0.05) is 41.9 Å². The number of ether oxygens (including phenoxy) is 2. The largest absolute Gasteiger partial charge is 0.481 e. The molecule has 0 saturated heterocycles. The van der Waals surface area contributed by atoms with Crippen molar-refractivity contribution in [1.82, 2.24) is 5.43 Å². The number of nitrogens with one attached hydrogen (secondary N) is 1. The highest BCUT2D eigenvalue weighted by Crippen LogP contribution is 2.36. The minimum absolute atomic E-state index is 0.0851. The summed E-state index contributed by atoms with van der Waals surface area (Å²) in [5.41, 5.74) is 2.72. The van der Waals surface area contributed by atoms with Crippen molar-refractivity contribution < 1.29 is 24.0 Å². The number of rotatable bonds is 8. The Hall–Kier alpha value is -4.28. The summed E-state index contributed by atoms with van der Waals surface area (Å²) in [4.78, 5) is 35.6. The number of hydrogen-bond donors (Lipinski definition) is 1. The van der Waals surface area contributed by atoms with Crippen LogP contribution in [0.3, 0.4) is 0 Å². The number of non-ortho nitro benzene ring substituents is 1. The van der Waals surface area contributed by atoms with Gasteiger partial charge in [0, 0.05) is 27.8 Å². The molecule has 4 aromatic rings. The van der Waals surface area contributed by atoms with Crippen LogP contribution in [-0.2, 0) is 4.79 Å². The van der Waals surface area contributed by atoms with Crippen molar-refractivity contribution >= 4 is 56.8 Å². The SMILES string of the molecule is C[C@@H](Oc1ccc([N+](=O)[O-])cc1)C(=O)N/N=C\c1ccccc1OC(=O)c1sc2ccccc2c1Cl. The van der Waals surface area contributed by atoms with Gasteiger partial charge in [0.15, 0.2) is 6.10 Å². The van der Waals surface area contributed by atoms with E-state index in [-0.39, 0.29) is 16.3 Å².